The molecule has 0 fully saturated rings. The molecule has 0 aliphatic carbocycles. The molecule has 0 saturated heterocycles. The number of fused-ring (bicyclic) bond motifs is 1. The molecule has 0 aliphatic heterocycles. The minimum Gasteiger partial charge on any atom is -0.548 e. The zero-order chi connectivity index (χ0) is 21.7. The van der Waals surface area contributed by atoms with Gasteiger partial charge in [0.2, 0.25) is 5.91 Å². The Morgan fingerprint density at radius 1 is 1.10 bits per heavy atom. The normalized spacial score (nSPS) is 14.1. The van der Waals surface area contributed by atoms with Crippen molar-refractivity contribution >= 4 is 22.8 Å². The zero-order valence-electron chi connectivity index (χ0n) is 16.8. The van der Waals surface area contributed by atoms with Crippen LogP contribution in [0.5, 0.6) is 0 Å². The number of hydrogen-bond acceptors (Lipinski definition) is 6. The van der Waals surface area contributed by atoms with Crippen LogP contribution in [0.3, 0.4) is 0 Å². The van der Waals surface area contributed by atoms with Gasteiger partial charge in [-0.3, -0.25) is 9.59 Å². The molecule has 8 nitrogen and oxygen atoms in total. The Hall–Kier alpha value is -3.55. The summed E-state index contributed by atoms with van der Waals surface area (Å²) in [7, 11) is 0. The number of amides is 1. The molecule has 0 unspecified atom stereocenters. The highest BCUT2D eigenvalue weighted by atomic mass is 16.4. The fraction of sp³-hybridized carbons (Fsp3) is 0.318. The van der Waals surface area contributed by atoms with E-state index in [-0.39, 0.29) is 12.3 Å². The summed E-state index contributed by atoms with van der Waals surface area (Å²) >= 11 is 0. The largest absolute Gasteiger partial charge is 0.548 e. The molecule has 1 amide bonds. The van der Waals surface area contributed by atoms with Crippen molar-refractivity contribution in [2.75, 3.05) is 0 Å². The number of carboxylic acids is 1. The molecule has 8 heteroatoms. The van der Waals surface area contributed by atoms with Crippen molar-refractivity contribution in [3.05, 3.63) is 70.5 Å². The van der Waals surface area contributed by atoms with Crippen molar-refractivity contribution in [1.82, 2.24) is 20.3 Å². The standard InChI is InChI=1S/C22H24N4O4/c1-3-14(2)19(26-21(28)16-11-7-8-12-17(16)24-25-26)20(27)23-18(22(29)30)13-15-9-5-4-6-10-15/h4-12,14,18-19H,3,13H2,1-2H3,(H,23,27)(H,29,30)/p-1/t14-,18-,19-/m0/s1. The number of carbonyl (C=O) groups is 2. The predicted octanol–water partition coefficient (Wildman–Crippen LogP) is 0.856. The van der Waals surface area contributed by atoms with Gasteiger partial charge in [0, 0.05) is 0 Å². The zero-order valence-corrected chi connectivity index (χ0v) is 16.8. The molecule has 0 spiro atoms. The van der Waals surface area contributed by atoms with E-state index in [9.17, 15) is 19.5 Å². The van der Waals surface area contributed by atoms with E-state index >= 15 is 0 Å². The monoisotopic (exact) mass is 407 g/mol. The Labute approximate surface area is 173 Å². The van der Waals surface area contributed by atoms with Crippen LogP contribution < -0.4 is 16.0 Å². The summed E-state index contributed by atoms with van der Waals surface area (Å²) in [5, 5.41) is 22.5. The summed E-state index contributed by atoms with van der Waals surface area (Å²) < 4.78 is 1.04. The van der Waals surface area contributed by atoms with Gasteiger partial charge >= 0.3 is 0 Å². The molecular weight excluding hydrogens is 384 g/mol. The van der Waals surface area contributed by atoms with Gasteiger partial charge in [-0.1, -0.05) is 67.9 Å². The second-order valence-electron chi connectivity index (χ2n) is 7.26. The van der Waals surface area contributed by atoms with E-state index in [2.05, 4.69) is 15.6 Å². The van der Waals surface area contributed by atoms with Gasteiger partial charge in [0.25, 0.3) is 5.56 Å². The minimum absolute atomic E-state index is 0.0699. The molecule has 3 aromatic rings. The van der Waals surface area contributed by atoms with Crippen molar-refractivity contribution < 1.29 is 14.7 Å². The van der Waals surface area contributed by atoms with Crippen LogP contribution in [-0.2, 0) is 16.0 Å². The third kappa shape index (κ3) is 4.53. The molecule has 156 valence electrons. The highest BCUT2D eigenvalue weighted by Gasteiger charge is 2.30. The van der Waals surface area contributed by atoms with Crippen LogP contribution in [-0.4, -0.2) is 32.9 Å². The van der Waals surface area contributed by atoms with Gasteiger partial charge in [-0.2, -0.15) is 4.68 Å². The van der Waals surface area contributed by atoms with Crippen LogP contribution in [0.1, 0.15) is 31.9 Å². The van der Waals surface area contributed by atoms with Crippen LogP contribution in [0.2, 0.25) is 0 Å². The van der Waals surface area contributed by atoms with E-state index in [1.165, 1.54) is 0 Å². The van der Waals surface area contributed by atoms with Gasteiger partial charge in [-0.05, 0) is 30.0 Å². The summed E-state index contributed by atoms with van der Waals surface area (Å²) in [6.45, 7) is 3.68. The molecule has 0 bridgehead atoms. The second-order valence-corrected chi connectivity index (χ2v) is 7.26. The van der Waals surface area contributed by atoms with Crippen LogP contribution in [0, 0.1) is 5.92 Å². The van der Waals surface area contributed by atoms with Gasteiger partial charge in [-0.25, -0.2) is 0 Å². The number of carbonyl (C=O) groups excluding carboxylic acids is 2. The Kier molecular flexibility index (Phi) is 6.56. The molecule has 30 heavy (non-hydrogen) atoms. The van der Waals surface area contributed by atoms with E-state index in [1.54, 1.807) is 55.5 Å². The molecule has 1 heterocycles. The van der Waals surface area contributed by atoms with Crippen LogP contribution in [0.4, 0.5) is 0 Å². The number of aliphatic carboxylic acids is 1. The maximum atomic E-state index is 13.1. The highest BCUT2D eigenvalue weighted by molar-refractivity contribution is 5.86. The summed E-state index contributed by atoms with van der Waals surface area (Å²) in [6.07, 6.45) is 0.647. The van der Waals surface area contributed by atoms with Crippen molar-refractivity contribution in [1.29, 1.82) is 0 Å². The number of aromatic nitrogens is 3. The van der Waals surface area contributed by atoms with E-state index in [0.29, 0.717) is 17.3 Å². The number of carboxylic acid groups (broad SMARTS) is 1. The summed E-state index contributed by atoms with van der Waals surface area (Å²) in [6, 6.07) is 13.4. The van der Waals surface area contributed by atoms with Crippen molar-refractivity contribution in [3.63, 3.8) is 0 Å². The molecule has 0 saturated carbocycles. The summed E-state index contributed by atoms with van der Waals surface area (Å²) in [4.78, 5) is 37.7. The van der Waals surface area contributed by atoms with Gasteiger partial charge in [-0.15, -0.1) is 5.10 Å². The minimum atomic E-state index is -1.40. The van der Waals surface area contributed by atoms with Crippen molar-refractivity contribution in [2.45, 2.75) is 38.8 Å². The van der Waals surface area contributed by atoms with E-state index in [1.807, 2.05) is 13.0 Å². The lowest BCUT2D eigenvalue weighted by atomic mass is 9.97. The van der Waals surface area contributed by atoms with E-state index in [4.69, 9.17) is 0 Å². The molecule has 1 N–H and O–H groups in total. The third-order valence-corrected chi connectivity index (χ3v) is 5.19. The van der Waals surface area contributed by atoms with Crippen LogP contribution in [0.15, 0.2) is 59.4 Å². The highest BCUT2D eigenvalue weighted by Crippen LogP contribution is 2.20. The number of hydrogen-bond donors (Lipinski definition) is 1. The quantitative estimate of drug-likeness (QED) is 0.592. The number of nitrogens with one attached hydrogen (secondary N) is 1. The SMILES string of the molecule is CC[C@H](C)[C@@H](C(=O)N[C@@H](Cc1ccccc1)C(=O)[O-])n1nnc2ccccc2c1=O. The first kappa shape index (κ1) is 21.2. The lowest BCUT2D eigenvalue weighted by Gasteiger charge is -2.27. The molecule has 2 aromatic carbocycles. The smallest absolute Gasteiger partial charge is 0.278 e. The average molecular weight is 407 g/mol. The maximum Gasteiger partial charge on any atom is 0.278 e. The van der Waals surface area contributed by atoms with Gasteiger partial charge in [0.15, 0.2) is 0 Å². The maximum absolute atomic E-state index is 13.1. The fourth-order valence-electron chi connectivity index (χ4n) is 3.32. The third-order valence-electron chi connectivity index (χ3n) is 5.19. The Bertz CT molecular complexity index is 1100. The lowest BCUT2D eigenvalue weighted by Crippen LogP contribution is -2.52. The van der Waals surface area contributed by atoms with Crippen LogP contribution >= 0.6 is 0 Å². The summed E-state index contributed by atoms with van der Waals surface area (Å²) in [5.74, 6) is -2.29. The Morgan fingerprint density at radius 2 is 1.77 bits per heavy atom. The van der Waals surface area contributed by atoms with E-state index in [0.717, 1.165) is 10.2 Å². The Morgan fingerprint density at radius 3 is 2.43 bits per heavy atom. The fourth-order valence-corrected chi connectivity index (χ4v) is 3.32. The molecule has 0 aliphatic rings. The van der Waals surface area contributed by atoms with Crippen molar-refractivity contribution in [3.8, 4) is 0 Å². The first-order valence-corrected chi connectivity index (χ1v) is 9.81. The first-order valence-electron chi connectivity index (χ1n) is 9.81. The van der Waals surface area contributed by atoms with Gasteiger partial charge in [0.1, 0.15) is 11.6 Å². The topological polar surface area (TPSA) is 117 Å². The van der Waals surface area contributed by atoms with Gasteiger partial charge in [0.05, 0.1) is 17.4 Å². The van der Waals surface area contributed by atoms with Gasteiger partial charge < -0.3 is 15.2 Å². The molecular formula is C22H23N4O4-. The van der Waals surface area contributed by atoms with Crippen molar-refractivity contribution in [2.24, 2.45) is 5.92 Å². The van der Waals surface area contributed by atoms with E-state index < -0.39 is 29.5 Å². The molecule has 3 atom stereocenters. The molecule has 3 rings (SSSR count). The number of rotatable bonds is 8. The lowest BCUT2D eigenvalue weighted by molar-refractivity contribution is -0.308. The number of nitrogens with zero attached hydrogens (tertiary/aromatic N) is 3. The summed E-state index contributed by atoms with van der Waals surface area (Å²) in [5.41, 5.74) is 0.725. The molecule has 1 aromatic heterocycles. The van der Waals surface area contributed by atoms with Crippen LogP contribution in [0.25, 0.3) is 10.9 Å². The number of benzene rings is 2. The first-order chi connectivity index (χ1) is 14.4. The Balaban J connectivity index is 1.93. The molecule has 0 radical (unpaired) electrons. The second kappa shape index (κ2) is 9.30. The predicted molar refractivity (Wildman–Crippen MR) is 109 cm³/mol. The average Bonchev–Trinajstić information content (AvgIpc) is 2.75.